The van der Waals surface area contributed by atoms with E-state index in [4.69, 9.17) is 4.52 Å². The van der Waals surface area contributed by atoms with Crippen molar-refractivity contribution in [3.05, 3.63) is 40.2 Å². The van der Waals surface area contributed by atoms with Crippen LogP contribution in [0.3, 0.4) is 0 Å². The predicted octanol–water partition coefficient (Wildman–Crippen LogP) is 0.957. The minimum atomic E-state index is -3.84. The Hall–Kier alpha value is -2.70. The minimum Gasteiger partial charge on any atom is -0.465 e. The van der Waals surface area contributed by atoms with Gasteiger partial charge in [-0.1, -0.05) is 11.2 Å². The van der Waals surface area contributed by atoms with Crippen LogP contribution in [-0.2, 0) is 19.6 Å². The lowest BCUT2D eigenvalue weighted by atomic mass is 10.0. The Labute approximate surface area is 163 Å². The Morgan fingerprint density at radius 1 is 1.39 bits per heavy atom. The van der Waals surface area contributed by atoms with Gasteiger partial charge in [-0.3, -0.25) is 4.79 Å². The molecule has 4 rings (SSSR count). The second-order valence-corrected chi connectivity index (χ2v) is 8.92. The second kappa shape index (κ2) is 7.04. The number of aliphatic imine (C=N–C) groups is 1. The van der Waals surface area contributed by atoms with E-state index in [9.17, 15) is 18.0 Å². The molecule has 2 aromatic heterocycles. The summed E-state index contributed by atoms with van der Waals surface area (Å²) in [6, 6.07) is 1.38. The quantitative estimate of drug-likeness (QED) is 0.651. The molecule has 0 aliphatic carbocycles. The SMILES string of the molecule is COC(=O)c1sccc1S(=O)(=O)N1CC(c2nc(C3C=CC=NC3=O)no2)C1. The van der Waals surface area contributed by atoms with Crippen molar-refractivity contribution in [2.75, 3.05) is 20.2 Å². The number of thiophene rings is 1. The fourth-order valence-electron chi connectivity index (χ4n) is 2.85. The van der Waals surface area contributed by atoms with E-state index in [1.165, 1.54) is 29.1 Å². The maximum atomic E-state index is 12.8. The number of hydrogen-bond acceptors (Lipinski definition) is 9. The van der Waals surface area contributed by atoms with Crippen LogP contribution in [0.25, 0.3) is 0 Å². The summed E-state index contributed by atoms with van der Waals surface area (Å²) in [6.07, 6.45) is 4.63. The summed E-state index contributed by atoms with van der Waals surface area (Å²) in [4.78, 5) is 31.4. The number of aromatic nitrogens is 2. The monoisotopic (exact) mass is 422 g/mol. The Morgan fingerprint density at radius 2 is 2.18 bits per heavy atom. The first-order valence-electron chi connectivity index (χ1n) is 8.16. The molecule has 4 heterocycles. The standard InChI is InChI=1S/C16H14N4O6S2/c1-25-16(22)12-11(4-6-27-12)28(23,24)20-7-9(8-20)15-18-13(19-26-15)10-3-2-5-17-14(10)21/h2-6,9-10H,7-8H2,1H3. The third kappa shape index (κ3) is 3.08. The van der Waals surface area contributed by atoms with Crippen molar-refractivity contribution in [3.63, 3.8) is 0 Å². The second-order valence-electron chi connectivity index (χ2n) is 6.09. The third-order valence-electron chi connectivity index (χ3n) is 4.41. The van der Waals surface area contributed by atoms with Crippen molar-refractivity contribution in [3.8, 4) is 0 Å². The number of nitrogens with zero attached hydrogens (tertiary/aromatic N) is 4. The molecule has 2 aromatic rings. The Kier molecular flexibility index (Phi) is 4.69. The number of methoxy groups -OCH3 is 1. The highest BCUT2D eigenvalue weighted by atomic mass is 32.2. The maximum Gasteiger partial charge on any atom is 0.349 e. The average Bonchev–Trinajstić information content (AvgIpc) is 3.30. The lowest BCUT2D eigenvalue weighted by molar-refractivity contribution is -0.118. The zero-order chi connectivity index (χ0) is 19.9. The fourth-order valence-corrected chi connectivity index (χ4v) is 5.69. The summed E-state index contributed by atoms with van der Waals surface area (Å²) >= 11 is 1.01. The summed E-state index contributed by atoms with van der Waals surface area (Å²) in [5.74, 6) is -1.62. The van der Waals surface area contributed by atoms with Gasteiger partial charge >= 0.3 is 5.97 Å². The van der Waals surface area contributed by atoms with Gasteiger partial charge < -0.3 is 9.26 Å². The molecule has 2 aliphatic rings. The molecule has 1 fully saturated rings. The average molecular weight is 422 g/mol. The van der Waals surface area contributed by atoms with Crippen LogP contribution in [-0.4, -0.2) is 61.2 Å². The molecule has 0 spiro atoms. The topological polar surface area (TPSA) is 132 Å². The van der Waals surface area contributed by atoms with Crippen LogP contribution in [0, 0.1) is 0 Å². The zero-order valence-corrected chi connectivity index (χ0v) is 16.1. The van der Waals surface area contributed by atoms with E-state index < -0.39 is 21.9 Å². The number of rotatable bonds is 5. The first-order valence-corrected chi connectivity index (χ1v) is 10.5. The van der Waals surface area contributed by atoms with E-state index in [0.717, 1.165) is 11.3 Å². The lowest BCUT2D eigenvalue weighted by Crippen LogP contribution is -2.48. The van der Waals surface area contributed by atoms with Gasteiger partial charge in [0.15, 0.2) is 5.82 Å². The minimum absolute atomic E-state index is 0.0363. The smallest absolute Gasteiger partial charge is 0.349 e. The third-order valence-corrected chi connectivity index (χ3v) is 7.31. The van der Waals surface area contributed by atoms with Gasteiger partial charge in [-0.15, -0.1) is 11.3 Å². The zero-order valence-electron chi connectivity index (χ0n) is 14.5. The fraction of sp³-hybridized carbons (Fsp3) is 0.312. The molecule has 1 unspecified atom stereocenters. The summed E-state index contributed by atoms with van der Waals surface area (Å²) in [5.41, 5.74) is 0. The number of carbonyl (C=O) groups excluding carboxylic acids is 2. The van der Waals surface area contributed by atoms with Crippen LogP contribution < -0.4 is 0 Å². The van der Waals surface area contributed by atoms with Crippen LogP contribution in [0.15, 0.2) is 38.0 Å². The number of dihydropyridines is 1. The van der Waals surface area contributed by atoms with Gasteiger partial charge in [-0.25, -0.2) is 18.2 Å². The van der Waals surface area contributed by atoms with E-state index in [1.807, 2.05) is 0 Å². The van der Waals surface area contributed by atoms with E-state index in [-0.39, 0.29) is 46.4 Å². The van der Waals surface area contributed by atoms with Crippen LogP contribution in [0.2, 0.25) is 0 Å². The number of amides is 1. The highest BCUT2D eigenvalue weighted by Gasteiger charge is 2.42. The van der Waals surface area contributed by atoms with Crippen molar-refractivity contribution in [2.45, 2.75) is 16.7 Å². The molecular formula is C16H14N4O6S2. The summed E-state index contributed by atoms with van der Waals surface area (Å²) in [5, 5.41) is 5.34. The van der Waals surface area contributed by atoms with Crippen LogP contribution >= 0.6 is 11.3 Å². The first-order chi connectivity index (χ1) is 13.4. The molecule has 10 nitrogen and oxygen atoms in total. The molecule has 0 radical (unpaired) electrons. The lowest BCUT2D eigenvalue weighted by Gasteiger charge is -2.35. The van der Waals surface area contributed by atoms with E-state index in [1.54, 1.807) is 12.2 Å². The van der Waals surface area contributed by atoms with Crippen LogP contribution in [0.5, 0.6) is 0 Å². The van der Waals surface area contributed by atoms with Crippen molar-refractivity contribution in [2.24, 2.45) is 4.99 Å². The molecule has 0 aromatic carbocycles. The van der Waals surface area contributed by atoms with Gasteiger partial charge in [0.05, 0.1) is 13.0 Å². The molecule has 0 saturated carbocycles. The van der Waals surface area contributed by atoms with Gasteiger partial charge in [0.1, 0.15) is 15.7 Å². The Balaban J connectivity index is 1.47. The van der Waals surface area contributed by atoms with E-state index in [2.05, 4.69) is 19.9 Å². The largest absolute Gasteiger partial charge is 0.465 e. The van der Waals surface area contributed by atoms with Gasteiger partial charge in [0, 0.05) is 19.3 Å². The van der Waals surface area contributed by atoms with Gasteiger partial charge in [0.25, 0.3) is 5.91 Å². The normalized spacial score (nSPS) is 20.3. The van der Waals surface area contributed by atoms with Crippen LogP contribution in [0.1, 0.15) is 33.2 Å². The van der Waals surface area contributed by atoms with Crippen molar-refractivity contribution in [1.29, 1.82) is 0 Å². The van der Waals surface area contributed by atoms with E-state index in [0.29, 0.717) is 0 Å². The van der Waals surface area contributed by atoms with E-state index >= 15 is 0 Å². The molecule has 1 saturated heterocycles. The highest BCUT2D eigenvalue weighted by molar-refractivity contribution is 7.89. The number of esters is 1. The first kappa shape index (κ1) is 18.7. The number of carbonyl (C=O) groups is 2. The highest BCUT2D eigenvalue weighted by Crippen LogP contribution is 2.34. The number of ether oxygens (including phenoxy) is 1. The molecule has 2 aliphatic heterocycles. The van der Waals surface area contributed by atoms with Gasteiger partial charge in [0.2, 0.25) is 15.9 Å². The number of allylic oxidation sites excluding steroid dienone is 1. The number of sulfonamides is 1. The van der Waals surface area contributed by atoms with Crippen LogP contribution in [0.4, 0.5) is 0 Å². The maximum absolute atomic E-state index is 12.8. The summed E-state index contributed by atoms with van der Waals surface area (Å²) in [6.45, 7) is 0.264. The molecule has 1 amide bonds. The molecule has 12 heteroatoms. The van der Waals surface area contributed by atoms with Gasteiger partial charge in [-0.2, -0.15) is 9.29 Å². The Morgan fingerprint density at radius 3 is 2.89 bits per heavy atom. The molecule has 146 valence electrons. The Bertz CT molecular complexity index is 1090. The molecule has 0 N–H and O–H groups in total. The van der Waals surface area contributed by atoms with Crippen molar-refractivity contribution in [1.82, 2.24) is 14.4 Å². The summed E-state index contributed by atoms with van der Waals surface area (Å²) in [7, 11) is -2.64. The molecule has 0 bridgehead atoms. The molecule has 1 atom stereocenters. The van der Waals surface area contributed by atoms with Gasteiger partial charge in [-0.05, 0) is 17.5 Å². The summed E-state index contributed by atoms with van der Waals surface area (Å²) < 4.78 is 36.6. The number of hydrogen-bond donors (Lipinski definition) is 0. The molecular weight excluding hydrogens is 408 g/mol. The van der Waals surface area contributed by atoms with Crippen molar-refractivity contribution >= 4 is 39.5 Å². The predicted molar refractivity (Wildman–Crippen MR) is 96.8 cm³/mol. The van der Waals surface area contributed by atoms with Crippen molar-refractivity contribution < 1.29 is 27.3 Å². The molecule has 28 heavy (non-hydrogen) atoms.